The lowest BCUT2D eigenvalue weighted by molar-refractivity contribution is -0.136. The Kier molecular flexibility index (Phi) is 5.17. The predicted molar refractivity (Wildman–Crippen MR) is 89.8 cm³/mol. The maximum Gasteiger partial charge on any atom is 0.223 e. The number of carbonyl (C=O) groups is 2. The summed E-state index contributed by atoms with van der Waals surface area (Å²) in [6.45, 7) is 2.26. The van der Waals surface area contributed by atoms with Crippen LogP contribution >= 0.6 is 0 Å². The van der Waals surface area contributed by atoms with Crippen molar-refractivity contribution < 1.29 is 14.0 Å². The van der Waals surface area contributed by atoms with Gasteiger partial charge in [-0.25, -0.2) is 4.39 Å². The molecular weight excluding hydrogens is 307 g/mol. The maximum atomic E-state index is 13.5. The van der Waals surface area contributed by atoms with Crippen molar-refractivity contribution in [3.8, 4) is 0 Å². The number of likely N-dealkylation sites (tertiary alicyclic amines) is 1. The summed E-state index contributed by atoms with van der Waals surface area (Å²) in [6.07, 6.45) is 5.35. The molecular formula is C19H25FN2O2. The van der Waals surface area contributed by atoms with Gasteiger partial charge in [-0.3, -0.25) is 9.59 Å². The molecule has 1 aromatic carbocycles. The van der Waals surface area contributed by atoms with Crippen molar-refractivity contribution >= 4 is 11.8 Å². The number of halogens is 1. The number of hydrogen-bond donors (Lipinski definition) is 1. The maximum absolute atomic E-state index is 13.5. The van der Waals surface area contributed by atoms with Gasteiger partial charge in [-0.1, -0.05) is 18.6 Å². The van der Waals surface area contributed by atoms with Crippen molar-refractivity contribution in [1.82, 2.24) is 10.2 Å². The van der Waals surface area contributed by atoms with E-state index in [2.05, 4.69) is 5.32 Å². The summed E-state index contributed by atoms with van der Waals surface area (Å²) in [5, 5.41) is 3.16. The molecule has 1 aromatic rings. The summed E-state index contributed by atoms with van der Waals surface area (Å²) < 4.78 is 13.5. The summed E-state index contributed by atoms with van der Waals surface area (Å²) in [7, 11) is 0. The number of nitrogens with one attached hydrogen (secondary N) is 1. The fourth-order valence-electron chi connectivity index (χ4n) is 3.75. The van der Waals surface area contributed by atoms with Crippen LogP contribution in [0.4, 0.5) is 4.39 Å². The van der Waals surface area contributed by atoms with E-state index in [0.29, 0.717) is 13.0 Å². The molecule has 130 valence electrons. The van der Waals surface area contributed by atoms with Crippen molar-refractivity contribution in [3.05, 3.63) is 35.6 Å². The Bertz CT molecular complexity index is 615. The third-order valence-electron chi connectivity index (χ3n) is 5.32. The first kappa shape index (κ1) is 16.9. The molecule has 0 bridgehead atoms. The van der Waals surface area contributed by atoms with Crippen LogP contribution in [0.1, 0.15) is 44.6 Å². The number of carbonyl (C=O) groups excluding carboxylic acids is 2. The summed E-state index contributed by atoms with van der Waals surface area (Å²) in [4.78, 5) is 26.2. The molecule has 1 aliphatic heterocycles. The van der Waals surface area contributed by atoms with Crippen LogP contribution in [0.2, 0.25) is 0 Å². The monoisotopic (exact) mass is 332 g/mol. The highest BCUT2D eigenvalue weighted by atomic mass is 19.1. The Morgan fingerprint density at radius 1 is 1.25 bits per heavy atom. The summed E-state index contributed by atoms with van der Waals surface area (Å²) in [5.41, 5.74) is 0.857. The minimum Gasteiger partial charge on any atom is -0.351 e. The topological polar surface area (TPSA) is 49.4 Å². The molecule has 2 amide bonds. The van der Waals surface area contributed by atoms with Gasteiger partial charge in [0, 0.05) is 25.4 Å². The molecule has 24 heavy (non-hydrogen) atoms. The molecule has 1 heterocycles. The second kappa shape index (κ2) is 7.32. The highest BCUT2D eigenvalue weighted by Gasteiger charge is 2.36. The Hall–Kier alpha value is -1.91. The van der Waals surface area contributed by atoms with Crippen LogP contribution in [-0.4, -0.2) is 35.3 Å². The van der Waals surface area contributed by atoms with Crippen molar-refractivity contribution in [3.63, 3.8) is 0 Å². The Balaban J connectivity index is 1.76. The molecule has 3 rings (SSSR count). The quantitative estimate of drug-likeness (QED) is 0.921. The molecule has 0 radical (unpaired) electrons. The third-order valence-corrected chi connectivity index (χ3v) is 5.32. The van der Waals surface area contributed by atoms with E-state index in [1.807, 2.05) is 11.0 Å². The SMILES string of the molecule is CC(=O)N1CCC[C@H](NC(=O)C2CCC2)[C@@H]1Cc1cccc(F)c1. The Labute approximate surface area is 142 Å². The minimum absolute atomic E-state index is 0.0130. The molecule has 1 N–H and O–H groups in total. The normalized spacial score (nSPS) is 24.3. The number of amides is 2. The van der Waals surface area contributed by atoms with E-state index in [4.69, 9.17) is 0 Å². The molecule has 1 saturated heterocycles. The van der Waals surface area contributed by atoms with Gasteiger partial charge in [0.05, 0.1) is 6.04 Å². The first-order chi connectivity index (χ1) is 11.5. The van der Waals surface area contributed by atoms with Crippen molar-refractivity contribution in [2.75, 3.05) is 6.54 Å². The third kappa shape index (κ3) is 3.77. The summed E-state index contributed by atoms with van der Waals surface area (Å²) in [6, 6.07) is 6.33. The van der Waals surface area contributed by atoms with Gasteiger partial charge in [0.1, 0.15) is 5.82 Å². The van der Waals surface area contributed by atoms with E-state index in [1.54, 1.807) is 13.0 Å². The molecule has 5 heteroatoms. The first-order valence-electron chi connectivity index (χ1n) is 8.86. The second-order valence-corrected chi connectivity index (χ2v) is 7.00. The smallest absolute Gasteiger partial charge is 0.223 e. The number of rotatable bonds is 4. The zero-order chi connectivity index (χ0) is 17.1. The van der Waals surface area contributed by atoms with Crippen LogP contribution in [-0.2, 0) is 16.0 Å². The number of hydrogen-bond acceptors (Lipinski definition) is 2. The second-order valence-electron chi connectivity index (χ2n) is 7.00. The van der Waals surface area contributed by atoms with E-state index < -0.39 is 0 Å². The molecule has 2 fully saturated rings. The van der Waals surface area contributed by atoms with Crippen LogP contribution < -0.4 is 5.32 Å². The van der Waals surface area contributed by atoms with Gasteiger partial charge in [0.15, 0.2) is 0 Å². The van der Waals surface area contributed by atoms with Gasteiger partial charge in [-0.2, -0.15) is 0 Å². The summed E-state index contributed by atoms with van der Waals surface area (Å²) in [5.74, 6) is -0.0137. The van der Waals surface area contributed by atoms with E-state index in [-0.39, 0.29) is 35.6 Å². The summed E-state index contributed by atoms with van der Waals surface area (Å²) >= 11 is 0. The van der Waals surface area contributed by atoms with E-state index in [1.165, 1.54) is 12.1 Å². The average Bonchev–Trinajstić information content (AvgIpc) is 2.47. The molecule has 2 aliphatic rings. The van der Waals surface area contributed by atoms with E-state index in [9.17, 15) is 14.0 Å². The van der Waals surface area contributed by atoms with Crippen LogP contribution in [0.15, 0.2) is 24.3 Å². The Morgan fingerprint density at radius 3 is 2.67 bits per heavy atom. The predicted octanol–water partition coefficient (Wildman–Crippen LogP) is 2.66. The molecule has 2 atom stereocenters. The van der Waals surface area contributed by atoms with Crippen molar-refractivity contribution in [1.29, 1.82) is 0 Å². The lowest BCUT2D eigenvalue weighted by Crippen LogP contribution is -2.58. The van der Waals surface area contributed by atoms with Crippen molar-refractivity contribution in [2.24, 2.45) is 5.92 Å². The van der Waals surface area contributed by atoms with Gasteiger partial charge < -0.3 is 10.2 Å². The standard InChI is InChI=1S/C19H25FN2O2/c1-13(23)22-10-4-9-17(21-19(24)15-6-3-7-15)18(22)12-14-5-2-8-16(20)11-14/h2,5,8,11,15,17-18H,3-4,6-7,9-10,12H2,1H3,(H,21,24)/t17-,18-/m0/s1. The largest absolute Gasteiger partial charge is 0.351 e. The molecule has 0 aromatic heterocycles. The zero-order valence-electron chi connectivity index (χ0n) is 14.1. The minimum atomic E-state index is -0.271. The highest BCUT2D eigenvalue weighted by Crippen LogP contribution is 2.28. The van der Waals surface area contributed by atoms with Crippen LogP contribution in [0.25, 0.3) is 0 Å². The lowest BCUT2D eigenvalue weighted by atomic mass is 9.83. The average molecular weight is 332 g/mol. The molecule has 0 spiro atoms. The molecule has 4 nitrogen and oxygen atoms in total. The number of benzene rings is 1. The van der Waals surface area contributed by atoms with E-state index in [0.717, 1.165) is 37.7 Å². The number of piperidine rings is 1. The molecule has 1 aliphatic carbocycles. The van der Waals surface area contributed by atoms with E-state index >= 15 is 0 Å². The zero-order valence-corrected chi connectivity index (χ0v) is 14.1. The fourth-order valence-corrected chi connectivity index (χ4v) is 3.75. The van der Waals surface area contributed by atoms with Gasteiger partial charge in [0.2, 0.25) is 11.8 Å². The van der Waals surface area contributed by atoms with Gasteiger partial charge >= 0.3 is 0 Å². The highest BCUT2D eigenvalue weighted by molar-refractivity contribution is 5.80. The Morgan fingerprint density at radius 2 is 2.04 bits per heavy atom. The van der Waals surface area contributed by atoms with Crippen LogP contribution in [0.5, 0.6) is 0 Å². The first-order valence-corrected chi connectivity index (χ1v) is 8.86. The number of nitrogens with zero attached hydrogens (tertiary/aromatic N) is 1. The molecule has 0 unspecified atom stereocenters. The van der Waals surface area contributed by atoms with Crippen molar-refractivity contribution in [2.45, 2.75) is 57.5 Å². The molecule has 1 saturated carbocycles. The van der Waals surface area contributed by atoms with Gasteiger partial charge in [-0.05, 0) is 49.8 Å². The fraction of sp³-hybridized carbons (Fsp3) is 0.579. The van der Waals surface area contributed by atoms with Crippen LogP contribution in [0.3, 0.4) is 0 Å². The van der Waals surface area contributed by atoms with Crippen LogP contribution in [0, 0.1) is 11.7 Å². The lowest BCUT2D eigenvalue weighted by Gasteiger charge is -2.42. The van der Waals surface area contributed by atoms with Gasteiger partial charge in [0.25, 0.3) is 0 Å². The van der Waals surface area contributed by atoms with Gasteiger partial charge in [-0.15, -0.1) is 0 Å².